The second kappa shape index (κ2) is 11.1. The lowest BCUT2D eigenvalue weighted by Gasteiger charge is -2.15. The number of nitrogens with two attached hydrogens (primary N) is 1. The van der Waals surface area contributed by atoms with Crippen LogP contribution in [0, 0.1) is 0 Å². The number of tetrazole rings is 1. The number of fused-ring (bicyclic) bond motifs is 1. The van der Waals surface area contributed by atoms with Crippen molar-refractivity contribution in [3.63, 3.8) is 0 Å². The standard InChI is InChI=1S/C28H28N8O2/c1-2-3-8-25-31-24-14-13-20(30-26(37)16-29)15-23(24)28(38)36(25)17-18-9-11-19(12-10-18)21-6-4-5-7-22(21)27-32-34-35-33-27/h4-7,9-15H,2-3,8,16-17,29H2,1H3,(H,30,37)(H,32,33,34,35). The summed E-state index contributed by atoms with van der Waals surface area (Å²) in [5.41, 5.74) is 10.2. The molecule has 0 bridgehead atoms. The Hall–Kier alpha value is -4.70. The van der Waals surface area contributed by atoms with E-state index in [0.29, 0.717) is 35.4 Å². The molecule has 2 aromatic heterocycles. The van der Waals surface area contributed by atoms with E-state index in [4.69, 9.17) is 10.7 Å². The Morgan fingerprint density at radius 3 is 2.55 bits per heavy atom. The molecule has 0 atom stereocenters. The first-order chi connectivity index (χ1) is 18.6. The Morgan fingerprint density at radius 1 is 1.05 bits per heavy atom. The first-order valence-corrected chi connectivity index (χ1v) is 12.5. The van der Waals surface area contributed by atoms with Crippen LogP contribution < -0.4 is 16.6 Å². The second-order valence-electron chi connectivity index (χ2n) is 8.99. The molecule has 5 aromatic rings. The molecule has 192 valence electrons. The number of aryl methyl sites for hydroxylation is 1. The lowest BCUT2D eigenvalue weighted by Crippen LogP contribution is -2.26. The van der Waals surface area contributed by atoms with E-state index < -0.39 is 0 Å². The molecular formula is C28H28N8O2. The smallest absolute Gasteiger partial charge is 0.261 e. The first-order valence-electron chi connectivity index (χ1n) is 12.5. The van der Waals surface area contributed by atoms with E-state index in [1.165, 1.54) is 0 Å². The maximum atomic E-state index is 13.7. The number of aromatic amines is 1. The van der Waals surface area contributed by atoms with Crippen LogP contribution in [0.4, 0.5) is 5.69 Å². The van der Waals surface area contributed by atoms with Crippen molar-refractivity contribution in [2.75, 3.05) is 11.9 Å². The van der Waals surface area contributed by atoms with Gasteiger partial charge in [0.15, 0.2) is 0 Å². The van der Waals surface area contributed by atoms with Crippen LogP contribution in [0.5, 0.6) is 0 Å². The number of anilines is 1. The number of aromatic nitrogens is 6. The summed E-state index contributed by atoms with van der Waals surface area (Å²) < 4.78 is 1.73. The van der Waals surface area contributed by atoms with Gasteiger partial charge in [0.05, 0.1) is 24.0 Å². The average molecular weight is 509 g/mol. The second-order valence-corrected chi connectivity index (χ2v) is 8.99. The summed E-state index contributed by atoms with van der Waals surface area (Å²) in [5.74, 6) is 0.953. The van der Waals surface area contributed by atoms with Crippen molar-refractivity contribution in [1.29, 1.82) is 0 Å². The minimum Gasteiger partial charge on any atom is -0.325 e. The van der Waals surface area contributed by atoms with Gasteiger partial charge in [0.1, 0.15) is 5.82 Å². The van der Waals surface area contributed by atoms with Crippen molar-refractivity contribution in [3.8, 4) is 22.5 Å². The van der Waals surface area contributed by atoms with Gasteiger partial charge in [0.25, 0.3) is 5.56 Å². The summed E-state index contributed by atoms with van der Waals surface area (Å²) in [7, 11) is 0. The van der Waals surface area contributed by atoms with Crippen molar-refractivity contribution in [2.45, 2.75) is 32.7 Å². The van der Waals surface area contributed by atoms with Crippen LogP contribution in [-0.2, 0) is 17.8 Å². The Morgan fingerprint density at radius 2 is 1.84 bits per heavy atom. The van der Waals surface area contributed by atoms with Crippen LogP contribution in [0.15, 0.2) is 71.5 Å². The van der Waals surface area contributed by atoms with Crippen molar-refractivity contribution in [1.82, 2.24) is 30.2 Å². The zero-order valence-electron chi connectivity index (χ0n) is 21.0. The van der Waals surface area contributed by atoms with Gasteiger partial charge in [-0.3, -0.25) is 14.2 Å². The maximum Gasteiger partial charge on any atom is 0.261 e. The number of benzene rings is 3. The number of hydrogen-bond donors (Lipinski definition) is 3. The first kappa shape index (κ1) is 25.0. The van der Waals surface area contributed by atoms with Gasteiger partial charge >= 0.3 is 0 Å². The van der Waals surface area contributed by atoms with Crippen molar-refractivity contribution in [2.24, 2.45) is 5.73 Å². The Kier molecular flexibility index (Phi) is 7.32. The largest absolute Gasteiger partial charge is 0.325 e. The van der Waals surface area contributed by atoms with Gasteiger partial charge in [0, 0.05) is 17.7 Å². The summed E-state index contributed by atoms with van der Waals surface area (Å²) in [5, 5.41) is 17.6. The average Bonchev–Trinajstić information content (AvgIpc) is 3.49. The Balaban J connectivity index is 1.50. The fourth-order valence-electron chi connectivity index (χ4n) is 4.42. The fraction of sp³-hybridized carbons (Fsp3) is 0.214. The van der Waals surface area contributed by atoms with Crippen LogP contribution in [0.1, 0.15) is 31.2 Å². The SMILES string of the molecule is CCCCc1nc2ccc(NC(=O)CN)cc2c(=O)n1Cc1ccc(-c2ccccc2-c2nn[nH]n2)cc1. The zero-order valence-corrected chi connectivity index (χ0v) is 21.0. The quantitative estimate of drug-likeness (QED) is 0.276. The number of nitrogens with one attached hydrogen (secondary N) is 2. The minimum absolute atomic E-state index is 0.133. The number of H-pyrrole nitrogens is 1. The van der Waals surface area contributed by atoms with Crippen LogP contribution in [0.3, 0.4) is 0 Å². The van der Waals surface area contributed by atoms with E-state index in [-0.39, 0.29) is 18.0 Å². The van der Waals surface area contributed by atoms with Gasteiger partial charge in [-0.05, 0) is 46.5 Å². The molecule has 10 nitrogen and oxygen atoms in total. The molecule has 0 fully saturated rings. The Bertz CT molecular complexity index is 1630. The summed E-state index contributed by atoms with van der Waals surface area (Å²) in [6.07, 6.45) is 2.62. The van der Waals surface area contributed by atoms with E-state index in [2.05, 4.69) is 32.9 Å². The van der Waals surface area contributed by atoms with E-state index in [0.717, 1.165) is 40.9 Å². The molecule has 38 heavy (non-hydrogen) atoms. The van der Waals surface area contributed by atoms with E-state index in [9.17, 15) is 9.59 Å². The highest BCUT2D eigenvalue weighted by Gasteiger charge is 2.14. The number of unbranched alkanes of at least 4 members (excludes halogenated alkanes) is 1. The third-order valence-electron chi connectivity index (χ3n) is 6.38. The highest BCUT2D eigenvalue weighted by molar-refractivity contribution is 5.94. The zero-order chi connectivity index (χ0) is 26.5. The lowest BCUT2D eigenvalue weighted by molar-refractivity contribution is -0.114. The minimum atomic E-state index is -0.321. The number of rotatable bonds is 9. The molecule has 0 unspecified atom stereocenters. The van der Waals surface area contributed by atoms with E-state index in [1.807, 2.05) is 48.5 Å². The molecule has 2 heterocycles. The Labute approximate surface area is 218 Å². The van der Waals surface area contributed by atoms with Crippen LogP contribution in [0.25, 0.3) is 33.4 Å². The molecule has 4 N–H and O–H groups in total. The highest BCUT2D eigenvalue weighted by Crippen LogP contribution is 2.30. The van der Waals surface area contributed by atoms with Crippen LogP contribution in [0.2, 0.25) is 0 Å². The number of carbonyl (C=O) groups excluding carboxylic acids is 1. The van der Waals surface area contributed by atoms with Crippen molar-refractivity contribution in [3.05, 3.63) is 88.5 Å². The van der Waals surface area contributed by atoms with Crippen LogP contribution >= 0.6 is 0 Å². The van der Waals surface area contributed by atoms with Gasteiger partial charge in [-0.2, -0.15) is 5.21 Å². The molecule has 0 spiro atoms. The topological polar surface area (TPSA) is 144 Å². The third-order valence-corrected chi connectivity index (χ3v) is 6.38. The molecule has 0 saturated carbocycles. The summed E-state index contributed by atoms with van der Waals surface area (Å²) in [6.45, 7) is 2.36. The normalized spacial score (nSPS) is 11.1. The van der Waals surface area contributed by atoms with Crippen molar-refractivity contribution >= 4 is 22.5 Å². The van der Waals surface area contributed by atoms with Gasteiger partial charge < -0.3 is 11.1 Å². The van der Waals surface area contributed by atoms with Gasteiger partial charge in [0.2, 0.25) is 11.7 Å². The number of carbonyl (C=O) groups is 1. The van der Waals surface area contributed by atoms with Gasteiger partial charge in [-0.25, -0.2) is 4.98 Å². The number of hydrogen-bond acceptors (Lipinski definition) is 7. The van der Waals surface area contributed by atoms with Gasteiger partial charge in [-0.15, -0.1) is 10.2 Å². The molecule has 0 saturated heterocycles. The highest BCUT2D eigenvalue weighted by atomic mass is 16.2. The molecule has 3 aromatic carbocycles. The molecule has 0 aliphatic carbocycles. The fourth-order valence-corrected chi connectivity index (χ4v) is 4.42. The number of nitrogens with zero attached hydrogens (tertiary/aromatic N) is 5. The molecule has 1 amide bonds. The van der Waals surface area contributed by atoms with Gasteiger partial charge in [-0.1, -0.05) is 61.9 Å². The predicted octanol–water partition coefficient (Wildman–Crippen LogP) is 3.53. The molecule has 5 rings (SSSR count). The molecule has 0 aliphatic rings. The summed E-state index contributed by atoms with van der Waals surface area (Å²) in [6, 6.07) is 21.1. The lowest BCUT2D eigenvalue weighted by atomic mass is 9.98. The summed E-state index contributed by atoms with van der Waals surface area (Å²) in [4.78, 5) is 30.2. The van der Waals surface area contributed by atoms with E-state index >= 15 is 0 Å². The third kappa shape index (κ3) is 5.21. The number of amides is 1. The van der Waals surface area contributed by atoms with Crippen LogP contribution in [-0.4, -0.2) is 42.6 Å². The van der Waals surface area contributed by atoms with Crippen molar-refractivity contribution < 1.29 is 4.79 Å². The summed E-state index contributed by atoms with van der Waals surface area (Å²) >= 11 is 0. The predicted molar refractivity (Wildman–Crippen MR) is 146 cm³/mol. The molecule has 10 heteroatoms. The maximum absolute atomic E-state index is 13.7. The van der Waals surface area contributed by atoms with E-state index in [1.54, 1.807) is 22.8 Å². The molecule has 0 radical (unpaired) electrons. The monoisotopic (exact) mass is 508 g/mol. The molecule has 0 aliphatic heterocycles. The molecular weight excluding hydrogens is 480 g/mol.